The second-order valence-corrected chi connectivity index (χ2v) is 3.94. The van der Waals surface area contributed by atoms with Crippen LogP contribution in [0.4, 0.5) is 0 Å². The Morgan fingerprint density at radius 1 is 0.882 bits per heavy atom. The fourth-order valence-corrected chi connectivity index (χ4v) is 1.77. The van der Waals surface area contributed by atoms with E-state index >= 15 is 0 Å². The SMILES string of the molecule is O=C([O-])[C@@H]1CCCN1.O=C([O-])[C@@H]1CCCN1.[Ni+2]. The Labute approximate surface area is 110 Å². The summed E-state index contributed by atoms with van der Waals surface area (Å²) in [6.07, 6.45) is 3.36. The van der Waals surface area contributed by atoms with Crippen molar-refractivity contribution >= 4 is 11.9 Å². The monoisotopic (exact) mass is 286 g/mol. The number of hydrogen-bond acceptors (Lipinski definition) is 6. The maximum atomic E-state index is 10.0. The first-order valence-electron chi connectivity index (χ1n) is 5.49. The molecule has 0 spiro atoms. The second-order valence-electron chi connectivity index (χ2n) is 3.94. The van der Waals surface area contributed by atoms with Crippen LogP contribution in [0.3, 0.4) is 0 Å². The molecular formula is C10H16N2NiO4. The molecule has 6 nitrogen and oxygen atoms in total. The number of hydrogen-bond donors (Lipinski definition) is 2. The summed E-state index contributed by atoms with van der Waals surface area (Å²) in [5.41, 5.74) is 0. The quantitative estimate of drug-likeness (QED) is 0.524. The van der Waals surface area contributed by atoms with E-state index in [1.165, 1.54) is 0 Å². The van der Waals surface area contributed by atoms with Crippen molar-refractivity contribution in [3.8, 4) is 0 Å². The van der Waals surface area contributed by atoms with E-state index in [-0.39, 0.29) is 28.6 Å². The van der Waals surface area contributed by atoms with Crippen LogP contribution in [0.15, 0.2) is 0 Å². The van der Waals surface area contributed by atoms with Crippen LogP contribution in [0.2, 0.25) is 0 Å². The molecule has 17 heavy (non-hydrogen) atoms. The molecule has 2 aliphatic heterocycles. The third kappa shape index (κ3) is 6.00. The third-order valence-electron chi connectivity index (χ3n) is 2.69. The smallest absolute Gasteiger partial charge is 0.548 e. The minimum atomic E-state index is -0.970. The molecule has 2 rings (SSSR count). The molecule has 2 fully saturated rings. The van der Waals surface area contributed by atoms with Crippen LogP contribution in [-0.2, 0) is 26.1 Å². The minimum absolute atomic E-state index is 0. The van der Waals surface area contributed by atoms with E-state index in [0.29, 0.717) is 0 Å². The number of aliphatic carboxylic acids is 2. The average Bonchev–Trinajstić information content (AvgIpc) is 2.93. The molecule has 0 aromatic carbocycles. The van der Waals surface area contributed by atoms with Gasteiger partial charge < -0.3 is 30.4 Å². The van der Waals surface area contributed by atoms with E-state index in [9.17, 15) is 19.8 Å². The fourth-order valence-electron chi connectivity index (χ4n) is 1.77. The largest absolute Gasteiger partial charge is 2.00 e. The first-order valence-corrected chi connectivity index (χ1v) is 5.49. The summed E-state index contributed by atoms with van der Waals surface area (Å²) in [5.74, 6) is -1.94. The van der Waals surface area contributed by atoms with Crippen LogP contribution >= 0.6 is 0 Å². The van der Waals surface area contributed by atoms with Gasteiger partial charge in [-0.25, -0.2) is 0 Å². The van der Waals surface area contributed by atoms with Crippen molar-refractivity contribution in [1.82, 2.24) is 10.6 Å². The van der Waals surface area contributed by atoms with Crippen molar-refractivity contribution in [3.63, 3.8) is 0 Å². The summed E-state index contributed by atoms with van der Waals surface area (Å²) in [5, 5.41) is 25.6. The van der Waals surface area contributed by atoms with Crippen LogP contribution in [0, 0.1) is 0 Å². The van der Waals surface area contributed by atoms with E-state index < -0.39 is 11.9 Å². The summed E-state index contributed by atoms with van der Waals surface area (Å²) >= 11 is 0. The topological polar surface area (TPSA) is 104 Å². The van der Waals surface area contributed by atoms with Gasteiger partial charge in [-0.1, -0.05) is 0 Å². The third-order valence-corrected chi connectivity index (χ3v) is 2.69. The first-order chi connectivity index (χ1) is 7.61. The Morgan fingerprint density at radius 3 is 1.35 bits per heavy atom. The second kappa shape index (κ2) is 8.45. The van der Waals surface area contributed by atoms with Crippen LogP contribution in [0.25, 0.3) is 0 Å². The predicted molar refractivity (Wildman–Crippen MR) is 52.1 cm³/mol. The maximum absolute atomic E-state index is 10.0. The Kier molecular flexibility index (Phi) is 8.12. The Balaban J connectivity index is 0.000000284. The van der Waals surface area contributed by atoms with Crippen molar-refractivity contribution < 1.29 is 36.3 Å². The number of carbonyl (C=O) groups is 2. The summed E-state index contributed by atoms with van der Waals surface area (Å²) in [6, 6.07) is -0.759. The van der Waals surface area contributed by atoms with Gasteiger partial charge in [-0.15, -0.1) is 0 Å². The summed E-state index contributed by atoms with van der Waals surface area (Å²) in [6.45, 7) is 1.64. The molecule has 0 saturated carbocycles. The Morgan fingerprint density at radius 2 is 1.24 bits per heavy atom. The van der Waals surface area contributed by atoms with E-state index in [1.807, 2.05) is 0 Å². The summed E-state index contributed by atoms with van der Waals surface area (Å²) in [4.78, 5) is 20.1. The predicted octanol–water partition coefficient (Wildman–Crippen LogP) is -3.03. The van der Waals surface area contributed by atoms with Gasteiger partial charge in [-0.3, -0.25) is 0 Å². The van der Waals surface area contributed by atoms with Crippen molar-refractivity contribution in [3.05, 3.63) is 0 Å². The van der Waals surface area contributed by atoms with Gasteiger partial charge in [0, 0.05) is 12.1 Å². The molecule has 7 heteroatoms. The van der Waals surface area contributed by atoms with Crippen LogP contribution < -0.4 is 20.8 Å². The zero-order valence-corrected chi connectivity index (χ0v) is 10.3. The molecule has 2 N–H and O–H groups in total. The zero-order valence-electron chi connectivity index (χ0n) is 9.35. The van der Waals surface area contributed by atoms with Crippen LogP contribution in [0.5, 0.6) is 0 Å². The molecule has 0 unspecified atom stereocenters. The molecule has 0 aliphatic carbocycles. The molecule has 2 heterocycles. The van der Waals surface area contributed by atoms with Gasteiger partial charge in [0.1, 0.15) is 0 Å². The van der Waals surface area contributed by atoms with Gasteiger partial charge in [-0.2, -0.15) is 0 Å². The van der Waals surface area contributed by atoms with E-state index in [0.717, 1.165) is 38.8 Å². The molecule has 2 atom stereocenters. The van der Waals surface area contributed by atoms with Gasteiger partial charge in [0.05, 0.1) is 11.9 Å². The van der Waals surface area contributed by atoms with Crippen molar-refractivity contribution in [2.75, 3.05) is 13.1 Å². The van der Waals surface area contributed by atoms with E-state index in [2.05, 4.69) is 10.6 Å². The fraction of sp³-hybridized carbons (Fsp3) is 0.800. The van der Waals surface area contributed by atoms with E-state index in [4.69, 9.17) is 0 Å². The Bertz CT molecular complexity index is 225. The molecule has 2 aliphatic rings. The van der Waals surface area contributed by atoms with Gasteiger partial charge in [0.25, 0.3) is 0 Å². The average molecular weight is 287 g/mol. The molecular weight excluding hydrogens is 271 g/mol. The molecule has 0 aromatic rings. The molecule has 100 valence electrons. The van der Waals surface area contributed by atoms with Crippen LogP contribution in [-0.4, -0.2) is 37.1 Å². The zero-order chi connectivity index (χ0) is 12.0. The number of carboxylic acid groups (broad SMARTS) is 2. The van der Waals surface area contributed by atoms with Gasteiger partial charge in [0.2, 0.25) is 0 Å². The normalized spacial score (nSPS) is 26.6. The number of nitrogens with one attached hydrogen (secondary N) is 2. The number of rotatable bonds is 2. The molecule has 0 bridgehead atoms. The Hall–Kier alpha value is -0.646. The first kappa shape index (κ1) is 16.4. The minimum Gasteiger partial charge on any atom is -0.548 e. The molecule has 0 radical (unpaired) electrons. The van der Waals surface area contributed by atoms with Crippen molar-refractivity contribution in [2.45, 2.75) is 37.8 Å². The van der Waals surface area contributed by atoms with Gasteiger partial charge in [0.15, 0.2) is 0 Å². The van der Waals surface area contributed by atoms with E-state index in [1.54, 1.807) is 0 Å². The van der Waals surface area contributed by atoms with Crippen molar-refractivity contribution in [1.29, 1.82) is 0 Å². The van der Waals surface area contributed by atoms with Crippen molar-refractivity contribution in [2.24, 2.45) is 0 Å². The number of carbonyl (C=O) groups excluding carboxylic acids is 2. The summed E-state index contributed by atoms with van der Waals surface area (Å²) in [7, 11) is 0. The van der Waals surface area contributed by atoms with Crippen LogP contribution in [0.1, 0.15) is 25.7 Å². The maximum Gasteiger partial charge on any atom is 2.00 e. The molecule has 0 amide bonds. The molecule has 2 saturated heterocycles. The number of carboxylic acids is 2. The standard InChI is InChI=1S/2C5H9NO2.Ni/c2*7-5(8)4-2-1-3-6-4;/h2*4,6H,1-3H2,(H,7,8);/q;;+2/p-2/t2*4-;/m00./s1. The molecule has 0 aromatic heterocycles. The van der Waals surface area contributed by atoms with Gasteiger partial charge >= 0.3 is 16.5 Å². The van der Waals surface area contributed by atoms with Gasteiger partial charge in [-0.05, 0) is 38.8 Å². The summed E-state index contributed by atoms with van der Waals surface area (Å²) < 4.78 is 0.